The predicted molar refractivity (Wildman–Crippen MR) is 91.4 cm³/mol. The number of thiophene rings is 1. The number of Topliss-reactive ketones (excluding diaryl/α,β-unsaturated/α-hetero) is 1. The largest absolute Gasteiger partial charge is 0.396 e. The van der Waals surface area contributed by atoms with E-state index >= 15 is 0 Å². The van der Waals surface area contributed by atoms with Gasteiger partial charge >= 0.3 is 0 Å². The topological polar surface area (TPSA) is 68.0 Å². The standard InChI is InChI=1S/C15H19N3OS2/c1-4-11(19)13-12(16)14(20-3)15(21-13)18-9(2)10-6-5-7-17-8-10/h5-9,18H,4,16H2,1-3H3. The third-order valence-electron chi connectivity index (χ3n) is 3.21. The summed E-state index contributed by atoms with van der Waals surface area (Å²) in [5, 5.41) is 4.40. The molecule has 21 heavy (non-hydrogen) atoms. The number of hydrogen-bond donors (Lipinski definition) is 2. The van der Waals surface area contributed by atoms with Crippen LogP contribution in [-0.2, 0) is 0 Å². The second kappa shape index (κ2) is 6.95. The third-order valence-corrected chi connectivity index (χ3v) is 5.35. The summed E-state index contributed by atoms with van der Waals surface area (Å²) in [6.07, 6.45) is 6.03. The van der Waals surface area contributed by atoms with Crippen LogP contribution in [0.5, 0.6) is 0 Å². The van der Waals surface area contributed by atoms with Gasteiger partial charge in [-0.3, -0.25) is 9.78 Å². The lowest BCUT2D eigenvalue weighted by atomic mass is 10.1. The molecule has 0 aromatic carbocycles. The first kappa shape index (κ1) is 15.9. The molecule has 0 radical (unpaired) electrons. The molecule has 6 heteroatoms. The number of pyridine rings is 1. The normalized spacial score (nSPS) is 12.1. The van der Waals surface area contributed by atoms with Gasteiger partial charge in [-0.15, -0.1) is 23.1 Å². The van der Waals surface area contributed by atoms with E-state index in [9.17, 15) is 4.79 Å². The molecule has 2 rings (SSSR count). The first-order valence-electron chi connectivity index (χ1n) is 6.74. The van der Waals surface area contributed by atoms with E-state index in [1.165, 1.54) is 11.3 Å². The highest BCUT2D eigenvalue weighted by Gasteiger charge is 2.20. The van der Waals surface area contributed by atoms with E-state index in [0.717, 1.165) is 15.5 Å². The molecule has 0 bridgehead atoms. The number of ketones is 1. The Morgan fingerprint density at radius 1 is 1.57 bits per heavy atom. The minimum atomic E-state index is 0.0925. The molecule has 2 aromatic rings. The molecule has 112 valence electrons. The zero-order valence-corrected chi connectivity index (χ0v) is 14.0. The second-order valence-electron chi connectivity index (χ2n) is 4.64. The van der Waals surface area contributed by atoms with Crippen molar-refractivity contribution < 1.29 is 4.79 Å². The fourth-order valence-electron chi connectivity index (χ4n) is 2.01. The zero-order valence-electron chi connectivity index (χ0n) is 12.3. The Kier molecular flexibility index (Phi) is 5.25. The predicted octanol–water partition coefficient (Wildman–Crippen LogP) is 4.21. The molecule has 2 aromatic heterocycles. The highest BCUT2D eigenvalue weighted by molar-refractivity contribution is 7.99. The van der Waals surface area contributed by atoms with Crippen molar-refractivity contribution in [2.45, 2.75) is 31.2 Å². The van der Waals surface area contributed by atoms with Crippen molar-refractivity contribution in [2.24, 2.45) is 0 Å². The number of hydrogen-bond acceptors (Lipinski definition) is 6. The first-order valence-corrected chi connectivity index (χ1v) is 8.78. The van der Waals surface area contributed by atoms with Crippen molar-refractivity contribution >= 4 is 39.6 Å². The quantitative estimate of drug-likeness (QED) is 0.616. The fourth-order valence-corrected chi connectivity index (χ4v) is 4.12. The summed E-state index contributed by atoms with van der Waals surface area (Å²) in [5.74, 6) is 0.0925. The second-order valence-corrected chi connectivity index (χ2v) is 6.47. The number of nitrogen functional groups attached to an aromatic ring is 1. The van der Waals surface area contributed by atoms with Crippen molar-refractivity contribution in [3.63, 3.8) is 0 Å². The third kappa shape index (κ3) is 3.39. The van der Waals surface area contributed by atoms with Crippen LogP contribution in [0.2, 0.25) is 0 Å². The number of carbonyl (C=O) groups excluding carboxylic acids is 1. The summed E-state index contributed by atoms with van der Waals surface area (Å²) in [5.41, 5.74) is 7.82. The SMILES string of the molecule is CCC(=O)c1sc(NC(C)c2cccnc2)c(SC)c1N. The lowest BCUT2D eigenvalue weighted by Gasteiger charge is -2.14. The maximum absolute atomic E-state index is 12.0. The van der Waals surface area contributed by atoms with Crippen molar-refractivity contribution in [1.82, 2.24) is 4.98 Å². The number of aromatic nitrogens is 1. The zero-order chi connectivity index (χ0) is 15.4. The van der Waals surface area contributed by atoms with Gasteiger partial charge in [0.05, 0.1) is 21.5 Å². The highest BCUT2D eigenvalue weighted by Crippen LogP contribution is 2.43. The molecule has 4 nitrogen and oxygen atoms in total. The summed E-state index contributed by atoms with van der Waals surface area (Å²) in [6, 6.07) is 4.04. The Bertz CT molecular complexity index is 625. The number of carbonyl (C=O) groups is 1. The Morgan fingerprint density at radius 2 is 2.33 bits per heavy atom. The van der Waals surface area contributed by atoms with Gasteiger partial charge in [0.2, 0.25) is 0 Å². The number of nitrogens with one attached hydrogen (secondary N) is 1. The molecule has 0 aliphatic carbocycles. The number of rotatable bonds is 6. The van der Waals surface area contributed by atoms with Crippen LogP contribution in [0.1, 0.15) is 41.5 Å². The molecule has 0 aliphatic rings. The van der Waals surface area contributed by atoms with Gasteiger partial charge in [-0.05, 0) is 24.8 Å². The van der Waals surface area contributed by atoms with Crippen LogP contribution in [0.15, 0.2) is 29.4 Å². The van der Waals surface area contributed by atoms with Crippen molar-refractivity contribution in [1.29, 1.82) is 0 Å². The smallest absolute Gasteiger partial charge is 0.174 e. The maximum atomic E-state index is 12.0. The van der Waals surface area contributed by atoms with Gasteiger partial charge in [-0.25, -0.2) is 0 Å². The lowest BCUT2D eigenvalue weighted by molar-refractivity contribution is 0.0992. The molecule has 3 N–H and O–H groups in total. The van der Waals surface area contributed by atoms with Gasteiger partial charge in [-0.2, -0.15) is 0 Å². The minimum absolute atomic E-state index is 0.0925. The fraction of sp³-hybridized carbons (Fsp3) is 0.333. The summed E-state index contributed by atoms with van der Waals surface area (Å²) in [6.45, 7) is 3.92. The van der Waals surface area contributed by atoms with E-state index in [-0.39, 0.29) is 11.8 Å². The van der Waals surface area contributed by atoms with Gasteiger partial charge in [-0.1, -0.05) is 13.0 Å². The van der Waals surface area contributed by atoms with Gasteiger partial charge in [0.25, 0.3) is 0 Å². The van der Waals surface area contributed by atoms with E-state index in [1.54, 1.807) is 18.0 Å². The lowest BCUT2D eigenvalue weighted by Crippen LogP contribution is -2.06. The van der Waals surface area contributed by atoms with Crippen LogP contribution in [-0.4, -0.2) is 17.0 Å². The van der Waals surface area contributed by atoms with E-state index in [0.29, 0.717) is 17.0 Å². The summed E-state index contributed by atoms with van der Waals surface area (Å²) >= 11 is 3.00. The monoisotopic (exact) mass is 321 g/mol. The molecule has 0 aliphatic heterocycles. The first-order chi connectivity index (χ1) is 10.1. The molecular weight excluding hydrogens is 302 g/mol. The van der Waals surface area contributed by atoms with Gasteiger partial charge in [0.15, 0.2) is 5.78 Å². The van der Waals surface area contributed by atoms with Crippen LogP contribution >= 0.6 is 23.1 Å². The van der Waals surface area contributed by atoms with Gasteiger partial charge in [0, 0.05) is 18.8 Å². The number of nitrogens with two attached hydrogens (primary N) is 1. The summed E-state index contributed by atoms with van der Waals surface area (Å²) in [4.78, 5) is 17.7. The Labute approximate surface area is 133 Å². The molecule has 0 amide bonds. The van der Waals surface area contributed by atoms with Crippen LogP contribution in [0.4, 0.5) is 10.7 Å². The maximum Gasteiger partial charge on any atom is 0.174 e. The molecule has 0 spiro atoms. The molecule has 1 unspecified atom stereocenters. The van der Waals surface area contributed by atoms with Crippen LogP contribution in [0.25, 0.3) is 0 Å². The van der Waals surface area contributed by atoms with E-state index in [2.05, 4.69) is 17.2 Å². The molecule has 0 saturated carbocycles. The minimum Gasteiger partial charge on any atom is -0.396 e. The summed E-state index contributed by atoms with van der Waals surface area (Å²) in [7, 11) is 0. The van der Waals surface area contributed by atoms with Crippen molar-refractivity contribution in [3.8, 4) is 0 Å². The molecule has 0 fully saturated rings. The Morgan fingerprint density at radius 3 is 2.90 bits per heavy atom. The number of thioether (sulfide) groups is 1. The van der Waals surface area contributed by atoms with E-state index in [4.69, 9.17) is 5.73 Å². The van der Waals surface area contributed by atoms with Crippen LogP contribution in [0.3, 0.4) is 0 Å². The van der Waals surface area contributed by atoms with Gasteiger partial charge in [0.1, 0.15) is 5.00 Å². The number of nitrogens with zero attached hydrogens (tertiary/aromatic N) is 1. The van der Waals surface area contributed by atoms with Crippen LogP contribution < -0.4 is 11.1 Å². The van der Waals surface area contributed by atoms with Crippen molar-refractivity contribution in [2.75, 3.05) is 17.3 Å². The van der Waals surface area contributed by atoms with Crippen molar-refractivity contribution in [3.05, 3.63) is 35.0 Å². The Balaban J connectivity index is 2.29. The Hall–Kier alpha value is -1.53. The number of anilines is 2. The average Bonchev–Trinajstić information content (AvgIpc) is 2.83. The molecular formula is C15H19N3OS2. The van der Waals surface area contributed by atoms with E-state index in [1.807, 2.05) is 31.5 Å². The average molecular weight is 321 g/mol. The molecule has 2 heterocycles. The molecule has 0 saturated heterocycles. The highest BCUT2D eigenvalue weighted by atomic mass is 32.2. The van der Waals surface area contributed by atoms with Gasteiger partial charge < -0.3 is 11.1 Å². The van der Waals surface area contributed by atoms with E-state index < -0.39 is 0 Å². The van der Waals surface area contributed by atoms with Crippen LogP contribution in [0, 0.1) is 0 Å². The molecule has 1 atom stereocenters. The summed E-state index contributed by atoms with van der Waals surface area (Å²) < 4.78 is 0.